The molecule has 0 spiro atoms. The molecule has 2 aromatic rings. The Kier molecular flexibility index (Phi) is 3.69. The summed E-state index contributed by atoms with van der Waals surface area (Å²) >= 11 is 1.52. The number of rotatable bonds is 2. The average Bonchev–Trinajstić information content (AvgIpc) is 3.24. The zero-order valence-corrected chi connectivity index (χ0v) is 14.1. The summed E-state index contributed by atoms with van der Waals surface area (Å²) in [5, 5.41) is 9.07. The van der Waals surface area contributed by atoms with Crippen LogP contribution >= 0.6 is 11.3 Å². The van der Waals surface area contributed by atoms with E-state index in [0.717, 1.165) is 41.5 Å². The molecule has 0 aliphatic carbocycles. The van der Waals surface area contributed by atoms with Gasteiger partial charge in [0.1, 0.15) is 11.9 Å². The number of hydrogen-bond acceptors (Lipinski definition) is 5. The predicted octanol–water partition coefficient (Wildman–Crippen LogP) is 2.48. The first-order chi connectivity index (χ1) is 11.1. The fraction of sp³-hybridized carbons (Fsp3) is 0.562. The van der Waals surface area contributed by atoms with Gasteiger partial charge in [-0.15, -0.1) is 11.3 Å². The second kappa shape index (κ2) is 5.72. The lowest BCUT2D eigenvalue weighted by atomic mass is 9.91. The Morgan fingerprint density at radius 2 is 2.35 bits per heavy atom. The van der Waals surface area contributed by atoms with Gasteiger partial charge in [0, 0.05) is 13.1 Å². The Balaban J connectivity index is 1.45. The van der Waals surface area contributed by atoms with Crippen molar-refractivity contribution < 1.29 is 9.53 Å². The molecule has 2 aliphatic rings. The Labute approximate surface area is 138 Å². The molecule has 23 heavy (non-hydrogen) atoms. The monoisotopic (exact) mass is 332 g/mol. The van der Waals surface area contributed by atoms with Gasteiger partial charge in [-0.1, -0.05) is 0 Å². The Morgan fingerprint density at radius 3 is 3.04 bits per heavy atom. The number of aromatic nitrogens is 3. The number of aromatic amines is 1. The maximum absolute atomic E-state index is 12.7. The number of piperidine rings is 1. The predicted molar refractivity (Wildman–Crippen MR) is 86.4 cm³/mol. The highest BCUT2D eigenvalue weighted by Gasteiger charge is 2.42. The lowest BCUT2D eigenvalue weighted by molar-refractivity contribution is -0.00671. The molecule has 0 bridgehead atoms. The van der Waals surface area contributed by atoms with Crippen molar-refractivity contribution in [3.8, 4) is 0 Å². The molecule has 2 saturated heterocycles. The number of carbonyl (C=O) groups excluding carboxylic acids is 1. The van der Waals surface area contributed by atoms with Crippen LogP contribution in [0.4, 0.5) is 0 Å². The van der Waals surface area contributed by atoms with Crippen molar-refractivity contribution in [1.82, 2.24) is 20.1 Å². The van der Waals surface area contributed by atoms with E-state index in [1.165, 1.54) is 11.3 Å². The fourth-order valence-corrected chi connectivity index (χ4v) is 4.41. The summed E-state index contributed by atoms with van der Waals surface area (Å²) in [5.41, 5.74) is 1.06. The van der Waals surface area contributed by atoms with E-state index in [1.807, 2.05) is 30.2 Å². The van der Waals surface area contributed by atoms with Crippen molar-refractivity contribution in [3.05, 3.63) is 33.5 Å². The van der Waals surface area contributed by atoms with Crippen LogP contribution in [0.15, 0.2) is 11.4 Å². The van der Waals surface area contributed by atoms with Gasteiger partial charge < -0.3 is 9.64 Å². The number of aryl methyl sites for hydroxylation is 2. The van der Waals surface area contributed by atoms with Gasteiger partial charge in [0.25, 0.3) is 5.91 Å². The van der Waals surface area contributed by atoms with Crippen molar-refractivity contribution in [2.75, 3.05) is 13.1 Å². The van der Waals surface area contributed by atoms with Gasteiger partial charge in [-0.25, -0.2) is 4.98 Å². The zero-order valence-electron chi connectivity index (χ0n) is 13.3. The largest absolute Gasteiger partial charge is 0.365 e. The van der Waals surface area contributed by atoms with Crippen LogP contribution in [-0.2, 0) is 4.74 Å². The van der Waals surface area contributed by atoms with E-state index in [-0.39, 0.29) is 18.1 Å². The molecule has 122 valence electrons. The minimum atomic E-state index is -0.0477. The van der Waals surface area contributed by atoms with E-state index in [0.29, 0.717) is 12.5 Å². The third-order valence-corrected chi connectivity index (χ3v) is 5.80. The summed E-state index contributed by atoms with van der Waals surface area (Å²) in [6, 6.07) is 2.00. The maximum Gasteiger partial charge on any atom is 0.264 e. The molecule has 0 saturated carbocycles. The molecule has 4 rings (SSSR count). The quantitative estimate of drug-likeness (QED) is 0.917. The second-order valence-electron chi connectivity index (χ2n) is 6.41. The van der Waals surface area contributed by atoms with Crippen molar-refractivity contribution in [1.29, 1.82) is 0 Å². The van der Waals surface area contributed by atoms with Crippen molar-refractivity contribution in [2.45, 2.75) is 38.9 Å². The zero-order chi connectivity index (χ0) is 16.0. The summed E-state index contributed by atoms with van der Waals surface area (Å²) in [7, 11) is 0. The van der Waals surface area contributed by atoms with Gasteiger partial charge in [-0.05, 0) is 49.6 Å². The van der Waals surface area contributed by atoms with Crippen molar-refractivity contribution in [3.63, 3.8) is 0 Å². The number of thiophene rings is 1. The van der Waals surface area contributed by atoms with Gasteiger partial charge >= 0.3 is 0 Å². The molecule has 4 heterocycles. The number of ether oxygens (including phenoxy) is 1. The Bertz CT molecular complexity index is 725. The van der Waals surface area contributed by atoms with Gasteiger partial charge in [0.15, 0.2) is 5.82 Å². The number of H-pyrrole nitrogens is 1. The normalized spacial score (nSPS) is 27.2. The van der Waals surface area contributed by atoms with E-state index in [4.69, 9.17) is 4.74 Å². The summed E-state index contributed by atoms with van der Waals surface area (Å²) in [5.74, 6) is 2.18. The molecular formula is C16H20N4O2S. The van der Waals surface area contributed by atoms with E-state index in [2.05, 4.69) is 15.2 Å². The number of fused-ring (bicyclic) bond motifs is 1. The Hall–Kier alpha value is -1.73. The fourth-order valence-electron chi connectivity index (χ4n) is 3.52. The standard InChI is InChI=1S/C16H20N4O2S/c1-9-4-6-23-14(9)16(21)20-5-3-11-7-12(22-13(11)8-20)15-17-10(2)18-19-15/h4,6,11-13H,3,5,7-8H2,1-2H3,(H,17,18,19)/t11-,12+,13+/m0/s1. The summed E-state index contributed by atoms with van der Waals surface area (Å²) < 4.78 is 6.16. The van der Waals surface area contributed by atoms with Crippen LogP contribution in [-0.4, -0.2) is 45.2 Å². The molecule has 0 aromatic carbocycles. The molecule has 6 nitrogen and oxygen atoms in total. The van der Waals surface area contributed by atoms with Crippen molar-refractivity contribution in [2.24, 2.45) is 5.92 Å². The lowest BCUT2D eigenvalue weighted by Gasteiger charge is -2.34. The van der Waals surface area contributed by atoms with Crippen LogP contribution in [0.5, 0.6) is 0 Å². The third kappa shape index (κ3) is 2.68. The smallest absolute Gasteiger partial charge is 0.264 e. The van der Waals surface area contributed by atoms with Gasteiger partial charge in [-0.2, -0.15) is 5.10 Å². The van der Waals surface area contributed by atoms with Crippen LogP contribution in [0.3, 0.4) is 0 Å². The van der Waals surface area contributed by atoms with Crippen LogP contribution in [0, 0.1) is 19.8 Å². The number of amides is 1. The number of nitrogens with zero attached hydrogens (tertiary/aromatic N) is 3. The first-order valence-corrected chi connectivity index (χ1v) is 8.87. The molecule has 2 aromatic heterocycles. The van der Waals surface area contributed by atoms with Crippen LogP contribution < -0.4 is 0 Å². The third-order valence-electron chi connectivity index (χ3n) is 4.80. The maximum atomic E-state index is 12.7. The molecular weight excluding hydrogens is 312 g/mol. The molecule has 7 heteroatoms. The number of hydrogen-bond donors (Lipinski definition) is 1. The van der Waals surface area contributed by atoms with E-state index in [9.17, 15) is 4.79 Å². The molecule has 1 N–H and O–H groups in total. The van der Waals surface area contributed by atoms with Gasteiger partial charge in [0.2, 0.25) is 0 Å². The minimum Gasteiger partial charge on any atom is -0.365 e. The SMILES string of the molecule is Cc1nc([C@H]2C[C@@H]3CCN(C(=O)c4sccc4C)C[C@H]3O2)n[nH]1. The van der Waals surface area contributed by atoms with Gasteiger partial charge in [-0.3, -0.25) is 9.89 Å². The van der Waals surface area contributed by atoms with Crippen molar-refractivity contribution >= 4 is 17.2 Å². The molecule has 1 amide bonds. The van der Waals surface area contributed by atoms with E-state index >= 15 is 0 Å². The minimum absolute atomic E-state index is 0.0477. The van der Waals surface area contributed by atoms with E-state index in [1.54, 1.807) is 0 Å². The number of nitrogens with one attached hydrogen (secondary N) is 1. The highest BCUT2D eigenvalue weighted by Crippen LogP contribution is 2.40. The molecule has 0 unspecified atom stereocenters. The summed E-state index contributed by atoms with van der Waals surface area (Å²) in [4.78, 5) is 19.8. The van der Waals surface area contributed by atoms with E-state index < -0.39 is 0 Å². The highest BCUT2D eigenvalue weighted by atomic mass is 32.1. The van der Waals surface area contributed by atoms with Gasteiger partial charge in [0.05, 0.1) is 11.0 Å². The first kappa shape index (κ1) is 14.8. The summed E-state index contributed by atoms with van der Waals surface area (Å²) in [6.45, 7) is 5.35. The number of carbonyl (C=O) groups is 1. The van der Waals surface area contributed by atoms with Crippen LogP contribution in [0.2, 0.25) is 0 Å². The topological polar surface area (TPSA) is 71.1 Å². The van der Waals surface area contributed by atoms with Crippen LogP contribution in [0.1, 0.15) is 45.8 Å². The van der Waals surface area contributed by atoms with Crippen LogP contribution in [0.25, 0.3) is 0 Å². The second-order valence-corrected chi connectivity index (χ2v) is 7.33. The molecule has 2 aliphatic heterocycles. The average molecular weight is 332 g/mol. The summed E-state index contributed by atoms with van der Waals surface area (Å²) in [6.07, 6.45) is 1.98. The molecule has 3 atom stereocenters. The lowest BCUT2D eigenvalue weighted by Crippen LogP contribution is -2.45. The first-order valence-electron chi connectivity index (χ1n) is 7.99. The molecule has 0 radical (unpaired) electrons. The Morgan fingerprint density at radius 1 is 1.48 bits per heavy atom. The highest BCUT2D eigenvalue weighted by molar-refractivity contribution is 7.12. The molecule has 2 fully saturated rings. The number of likely N-dealkylation sites (tertiary alicyclic amines) is 1.